The number of nitrogens with one attached hydrogen (secondary N) is 1. The molecular weight excluding hydrogens is 418 g/mol. The van der Waals surface area contributed by atoms with E-state index >= 15 is 0 Å². The molecule has 0 unspecified atom stereocenters. The van der Waals surface area contributed by atoms with E-state index in [1.54, 1.807) is 18.3 Å². The van der Waals surface area contributed by atoms with Gasteiger partial charge in [0.1, 0.15) is 17.9 Å². The molecule has 0 radical (unpaired) electrons. The SMILES string of the molecule is CC(=NNC(=O)c1ccc(COc2cccc3cccnc23)cc1)c1ccc2c(c1)OCO2. The lowest BCUT2D eigenvalue weighted by Crippen LogP contribution is -2.19. The van der Waals surface area contributed by atoms with Crippen LogP contribution in [0.5, 0.6) is 17.2 Å². The number of pyridine rings is 1. The summed E-state index contributed by atoms with van der Waals surface area (Å²) in [6.45, 7) is 2.41. The van der Waals surface area contributed by atoms with Crippen LogP contribution in [-0.2, 0) is 6.61 Å². The number of carbonyl (C=O) groups is 1. The van der Waals surface area contributed by atoms with Crippen LogP contribution in [0.4, 0.5) is 0 Å². The minimum Gasteiger partial charge on any atom is -0.487 e. The summed E-state index contributed by atoms with van der Waals surface area (Å²) in [5, 5.41) is 5.24. The second-order valence-corrected chi connectivity index (χ2v) is 7.52. The molecule has 1 amide bonds. The molecule has 0 aliphatic carbocycles. The lowest BCUT2D eigenvalue weighted by Gasteiger charge is -2.09. The minimum absolute atomic E-state index is 0.214. The van der Waals surface area contributed by atoms with Gasteiger partial charge in [-0.2, -0.15) is 5.10 Å². The molecule has 0 saturated heterocycles. The van der Waals surface area contributed by atoms with Gasteiger partial charge in [-0.1, -0.05) is 30.3 Å². The molecule has 0 fully saturated rings. The molecule has 1 aliphatic rings. The summed E-state index contributed by atoms with van der Waals surface area (Å²) in [7, 11) is 0. The second kappa shape index (κ2) is 9.00. The van der Waals surface area contributed by atoms with Gasteiger partial charge in [0.05, 0.1) is 5.71 Å². The predicted molar refractivity (Wildman–Crippen MR) is 125 cm³/mol. The Labute approximate surface area is 190 Å². The molecule has 3 aromatic carbocycles. The molecule has 7 nitrogen and oxygen atoms in total. The third-order valence-corrected chi connectivity index (χ3v) is 5.32. The van der Waals surface area contributed by atoms with E-state index in [4.69, 9.17) is 14.2 Å². The highest BCUT2D eigenvalue weighted by atomic mass is 16.7. The van der Waals surface area contributed by atoms with E-state index in [9.17, 15) is 4.79 Å². The highest BCUT2D eigenvalue weighted by Gasteiger charge is 2.14. The molecule has 1 aliphatic heterocycles. The fourth-order valence-electron chi connectivity index (χ4n) is 3.49. The Hall–Kier alpha value is -4.39. The van der Waals surface area contributed by atoms with Gasteiger partial charge in [0.15, 0.2) is 11.5 Å². The smallest absolute Gasteiger partial charge is 0.271 e. The van der Waals surface area contributed by atoms with Crippen LogP contribution in [0.15, 0.2) is 84.1 Å². The van der Waals surface area contributed by atoms with E-state index < -0.39 is 0 Å². The van der Waals surface area contributed by atoms with Gasteiger partial charge < -0.3 is 14.2 Å². The Bertz CT molecular complexity index is 1340. The average Bonchev–Trinajstić information content (AvgIpc) is 3.34. The summed E-state index contributed by atoms with van der Waals surface area (Å²) in [5.74, 6) is 1.81. The summed E-state index contributed by atoms with van der Waals surface area (Å²) in [5.41, 5.74) is 6.38. The molecule has 5 rings (SSSR count). The normalized spacial score (nSPS) is 12.6. The fourth-order valence-corrected chi connectivity index (χ4v) is 3.49. The largest absolute Gasteiger partial charge is 0.487 e. The molecule has 0 spiro atoms. The topological polar surface area (TPSA) is 82.0 Å². The number of fused-ring (bicyclic) bond motifs is 2. The Morgan fingerprint density at radius 2 is 1.79 bits per heavy atom. The number of benzene rings is 3. The summed E-state index contributed by atoms with van der Waals surface area (Å²) in [6, 6.07) is 22.5. The fraction of sp³-hybridized carbons (Fsp3) is 0.115. The van der Waals surface area contributed by atoms with Crippen LogP contribution < -0.4 is 19.6 Å². The third kappa shape index (κ3) is 4.48. The first-order valence-corrected chi connectivity index (χ1v) is 10.5. The van der Waals surface area contributed by atoms with Crippen molar-refractivity contribution < 1.29 is 19.0 Å². The molecule has 7 heteroatoms. The van der Waals surface area contributed by atoms with E-state index in [0.717, 1.165) is 27.8 Å². The van der Waals surface area contributed by atoms with Gasteiger partial charge in [-0.15, -0.1) is 0 Å². The number of hydrogen-bond acceptors (Lipinski definition) is 6. The first-order valence-electron chi connectivity index (χ1n) is 10.5. The summed E-state index contributed by atoms with van der Waals surface area (Å²) >= 11 is 0. The number of ether oxygens (including phenoxy) is 3. The first kappa shape index (κ1) is 20.5. The number of hydrogen-bond donors (Lipinski definition) is 1. The molecule has 0 atom stereocenters. The van der Waals surface area contributed by atoms with Crippen molar-refractivity contribution in [3.63, 3.8) is 0 Å². The summed E-state index contributed by atoms with van der Waals surface area (Å²) < 4.78 is 16.7. The second-order valence-electron chi connectivity index (χ2n) is 7.52. The molecule has 0 bridgehead atoms. The Balaban J connectivity index is 1.21. The van der Waals surface area contributed by atoms with Crippen molar-refractivity contribution in [2.24, 2.45) is 5.10 Å². The van der Waals surface area contributed by atoms with Gasteiger partial charge in [-0.25, -0.2) is 5.43 Å². The van der Waals surface area contributed by atoms with E-state index in [1.807, 2.05) is 67.6 Å². The standard InChI is InChI=1S/C26H21N3O4/c1-17(21-11-12-22-24(14-21)33-16-32-22)28-29-26(30)20-9-7-18(8-10-20)15-31-23-6-2-4-19-5-3-13-27-25(19)23/h2-14H,15-16H2,1H3,(H,29,30). The highest BCUT2D eigenvalue weighted by Crippen LogP contribution is 2.32. The third-order valence-electron chi connectivity index (χ3n) is 5.32. The Kier molecular flexibility index (Phi) is 5.59. The van der Waals surface area contributed by atoms with Crippen LogP contribution >= 0.6 is 0 Å². The van der Waals surface area contributed by atoms with Crippen molar-refractivity contribution in [1.82, 2.24) is 10.4 Å². The van der Waals surface area contributed by atoms with Crippen molar-refractivity contribution in [2.75, 3.05) is 6.79 Å². The van der Waals surface area contributed by atoms with Crippen molar-refractivity contribution in [1.29, 1.82) is 0 Å². The Morgan fingerprint density at radius 3 is 2.67 bits per heavy atom. The molecule has 1 aromatic heterocycles. The lowest BCUT2D eigenvalue weighted by molar-refractivity contribution is 0.0954. The van der Waals surface area contributed by atoms with Crippen LogP contribution in [0.2, 0.25) is 0 Å². The molecule has 33 heavy (non-hydrogen) atoms. The van der Waals surface area contributed by atoms with Crippen LogP contribution in [0.25, 0.3) is 10.9 Å². The van der Waals surface area contributed by atoms with Crippen molar-refractivity contribution in [3.05, 3.63) is 95.7 Å². The van der Waals surface area contributed by atoms with E-state index in [2.05, 4.69) is 15.5 Å². The van der Waals surface area contributed by atoms with Gasteiger partial charge in [-0.3, -0.25) is 9.78 Å². The zero-order valence-corrected chi connectivity index (χ0v) is 17.9. The molecule has 164 valence electrons. The molecule has 1 N–H and O–H groups in total. The van der Waals surface area contributed by atoms with Gasteiger partial charge in [0, 0.05) is 22.7 Å². The van der Waals surface area contributed by atoms with Gasteiger partial charge in [0.25, 0.3) is 5.91 Å². The van der Waals surface area contributed by atoms with Crippen LogP contribution in [-0.4, -0.2) is 23.4 Å². The number of nitrogens with zero attached hydrogens (tertiary/aromatic N) is 2. The number of carbonyl (C=O) groups excluding carboxylic acids is 1. The van der Waals surface area contributed by atoms with Crippen LogP contribution in [0.1, 0.15) is 28.4 Å². The molecule has 0 saturated carbocycles. The van der Waals surface area contributed by atoms with Gasteiger partial charge in [-0.05, 0) is 55.0 Å². The van der Waals surface area contributed by atoms with E-state index in [-0.39, 0.29) is 12.7 Å². The average molecular weight is 439 g/mol. The lowest BCUT2D eigenvalue weighted by atomic mass is 10.1. The van der Waals surface area contributed by atoms with Crippen molar-refractivity contribution in [3.8, 4) is 17.2 Å². The minimum atomic E-state index is -0.291. The zero-order valence-electron chi connectivity index (χ0n) is 17.9. The maximum Gasteiger partial charge on any atom is 0.271 e. The maximum atomic E-state index is 12.5. The van der Waals surface area contributed by atoms with Crippen molar-refractivity contribution >= 4 is 22.5 Å². The van der Waals surface area contributed by atoms with Gasteiger partial charge >= 0.3 is 0 Å². The van der Waals surface area contributed by atoms with E-state index in [0.29, 0.717) is 29.4 Å². The molecule has 2 heterocycles. The van der Waals surface area contributed by atoms with Crippen LogP contribution in [0.3, 0.4) is 0 Å². The number of rotatable bonds is 6. The quantitative estimate of drug-likeness (QED) is 0.348. The predicted octanol–water partition coefficient (Wildman–Crippen LogP) is 4.70. The Morgan fingerprint density at radius 1 is 1.00 bits per heavy atom. The van der Waals surface area contributed by atoms with Gasteiger partial charge in [0.2, 0.25) is 6.79 Å². The maximum absolute atomic E-state index is 12.5. The highest BCUT2D eigenvalue weighted by molar-refractivity contribution is 6.01. The molecular formula is C26H21N3O4. The zero-order chi connectivity index (χ0) is 22.6. The van der Waals surface area contributed by atoms with Crippen LogP contribution in [0, 0.1) is 0 Å². The summed E-state index contributed by atoms with van der Waals surface area (Å²) in [6.07, 6.45) is 1.75. The number of para-hydroxylation sites is 1. The van der Waals surface area contributed by atoms with E-state index in [1.165, 1.54) is 0 Å². The monoisotopic (exact) mass is 439 g/mol. The number of aromatic nitrogens is 1. The molecule has 4 aromatic rings. The first-order chi connectivity index (χ1) is 16.2. The number of hydrazone groups is 1. The number of amides is 1. The summed E-state index contributed by atoms with van der Waals surface area (Å²) in [4.78, 5) is 16.9. The van der Waals surface area contributed by atoms with Crippen molar-refractivity contribution in [2.45, 2.75) is 13.5 Å².